The third-order valence-electron chi connectivity index (χ3n) is 12.9. The van der Waals surface area contributed by atoms with Crippen LogP contribution in [0.4, 0.5) is 0 Å². The maximum Gasteiger partial charge on any atom is 0.306 e. The van der Waals surface area contributed by atoms with Crippen LogP contribution in [0.15, 0.2) is 48.6 Å². The van der Waals surface area contributed by atoms with E-state index < -0.39 is 80.7 Å². The largest absolute Gasteiger partial charge is 0.457 e. The molecule has 0 spiro atoms. The van der Waals surface area contributed by atoms with E-state index >= 15 is 0 Å². The van der Waals surface area contributed by atoms with E-state index in [1.54, 1.807) is 0 Å². The number of ether oxygens (including phenoxy) is 6. The third kappa shape index (κ3) is 29.9. The van der Waals surface area contributed by atoms with Crippen molar-refractivity contribution in [1.29, 1.82) is 0 Å². The van der Waals surface area contributed by atoms with Gasteiger partial charge in [0.25, 0.3) is 0 Å². The molecule has 2 aliphatic heterocycles. The number of esters is 1. The minimum atomic E-state index is -1.71. The number of unbranched alkanes of at least 4 members (excludes halogenated alkanes) is 21. The molecule has 0 aromatic rings. The second-order valence-corrected chi connectivity index (χ2v) is 19.0. The first-order chi connectivity index (χ1) is 33.6. The number of aliphatic hydroxyl groups is 7. The van der Waals surface area contributed by atoms with Gasteiger partial charge < -0.3 is 64.2 Å². The van der Waals surface area contributed by atoms with Gasteiger partial charge >= 0.3 is 5.97 Å². The predicted octanol–water partition coefficient (Wildman–Crippen LogP) is 8.74. The van der Waals surface area contributed by atoms with Crippen LogP contribution in [0.5, 0.6) is 0 Å². The van der Waals surface area contributed by atoms with Gasteiger partial charge in [-0.25, -0.2) is 0 Å². The van der Waals surface area contributed by atoms with Crippen molar-refractivity contribution in [2.24, 2.45) is 0 Å². The molecule has 69 heavy (non-hydrogen) atoms. The molecule has 2 heterocycles. The van der Waals surface area contributed by atoms with Crippen molar-refractivity contribution in [2.75, 3.05) is 33.0 Å². The third-order valence-corrected chi connectivity index (χ3v) is 12.9. The second kappa shape index (κ2) is 42.5. The SMILES string of the molecule is CC/C=C\C/C=C\C/C=C\C/C=C\CCCCCCCCCCCCC(=O)OC(COCCCCCCCCCCCCCC)COC1OC(COC2OC(CO)C(O)C(O)C2O)C(O)C(O)C1O. The highest BCUT2D eigenvalue weighted by Gasteiger charge is 2.47. The summed E-state index contributed by atoms with van der Waals surface area (Å²) in [4.78, 5) is 13.0. The molecule has 0 aromatic carbocycles. The van der Waals surface area contributed by atoms with Crippen molar-refractivity contribution >= 4 is 5.97 Å². The Morgan fingerprint density at radius 1 is 0.493 bits per heavy atom. The van der Waals surface area contributed by atoms with Crippen molar-refractivity contribution < 1.29 is 69.0 Å². The van der Waals surface area contributed by atoms with Gasteiger partial charge in [0.05, 0.1) is 26.4 Å². The van der Waals surface area contributed by atoms with Crippen molar-refractivity contribution in [1.82, 2.24) is 0 Å². The second-order valence-electron chi connectivity index (χ2n) is 19.0. The van der Waals surface area contributed by atoms with Gasteiger partial charge in [-0.05, 0) is 51.4 Å². The molecular weight excluding hydrogens is 885 g/mol. The van der Waals surface area contributed by atoms with Gasteiger partial charge in [-0.3, -0.25) is 4.79 Å². The summed E-state index contributed by atoms with van der Waals surface area (Å²) in [6, 6.07) is 0. The van der Waals surface area contributed by atoms with Gasteiger partial charge in [0.1, 0.15) is 54.9 Å². The average Bonchev–Trinajstić information content (AvgIpc) is 3.35. The first-order valence-corrected chi connectivity index (χ1v) is 27.2. The first kappa shape index (κ1) is 63.1. The standard InChI is InChI=1S/C55H98O14/c1-3-5-7-9-11-13-15-17-18-19-20-21-22-23-24-25-26-27-28-30-32-34-36-38-47(57)67-44(41-64-39-37-35-33-31-29-16-14-12-10-8-6-4-2)42-65-54-53(63)51(61)49(59)46(69-54)43-66-55-52(62)50(60)48(58)45(40-56)68-55/h5,7,11,13,17-18,20-21,44-46,48-56,58-63H,3-4,6,8-10,12,14-16,19,22-43H2,1-2H3/b7-5-,13-11-,18-17-,21-20-. The van der Waals surface area contributed by atoms with E-state index in [9.17, 15) is 40.5 Å². The lowest BCUT2D eigenvalue weighted by Crippen LogP contribution is -2.61. The van der Waals surface area contributed by atoms with E-state index in [-0.39, 0.29) is 25.6 Å². The van der Waals surface area contributed by atoms with Crippen LogP contribution in [0.25, 0.3) is 0 Å². The summed E-state index contributed by atoms with van der Waals surface area (Å²) in [5.74, 6) is -0.380. The number of allylic oxidation sites excluding steroid dienone is 8. The smallest absolute Gasteiger partial charge is 0.306 e. The fourth-order valence-electron chi connectivity index (χ4n) is 8.45. The molecule has 7 N–H and O–H groups in total. The first-order valence-electron chi connectivity index (χ1n) is 27.2. The molecular formula is C55H98O14. The van der Waals surface area contributed by atoms with Gasteiger partial charge in [0.15, 0.2) is 12.6 Å². The van der Waals surface area contributed by atoms with E-state index in [0.717, 1.165) is 70.6 Å². The lowest BCUT2D eigenvalue weighted by Gasteiger charge is -2.42. The Kier molecular flexibility index (Phi) is 38.8. The number of aliphatic hydroxyl groups excluding tert-OH is 7. The topological polar surface area (TPSA) is 214 Å². The van der Waals surface area contributed by atoms with Crippen molar-refractivity contribution in [3.63, 3.8) is 0 Å². The highest BCUT2D eigenvalue weighted by Crippen LogP contribution is 2.26. The maximum absolute atomic E-state index is 13.0. The average molecular weight is 983 g/mol. The minimum Gasteiger partial charge on any atom is -0.457 e. The minimum absolute atomic E-state index is 0.0614. The number of carbonyl (C=O) groups excluding carboxylic acids is 1. The molecule has 0 saturated carbocycles. The van der Waals surface area contributed by atoms with Gasteiger partial charge in [-0.1, -0.05) is 184 Å². The lowest BCUT2D eigenvalue weighted by molar-refractivity contribution is -0.332. The van der Waals surface area contributed by atoms with Crippen LogP contribution in [-0.2, 0) is 33.2 Å². The fraction of sp³-hybridized carbons (Fsp3) is 0.836. The Bertz CT molecular complexity index is 1320. The Hall–Kier alpha value is -2.05. The Balaban J connectivity index is 1.71. The Morgan fingerprint density at radius 3 is 1.48 bits per heavy atom. The van der Waals surface area contributed by atoms with Crippen molar-refractivity contribution in [2.45, 2.75) is 261 Å². The normalized spacial score (nSPS) is 26.0. The Labute approximate surface area is 416 Å². The summed E-state index contributed by atoms with van der Waals surface area (Å²) in [6.45, 7) is 3.58. The van der Waals surface area contributed by atoms with Crippen LogP contribution in [0.2, 0.25) is 0 Å². The van der Waals surface area contributed by atoms with Crippen LogP contribution in [0, 0.1) is 0 Å². The van der Waals surface area contributed by atoms with E-state index in [2.05, 4.69) is 62.5 Å². The van der Waals surface area contributed by atoms with E-state index in [4.69, 9.17) is 28.4 Å². The quantitative estimate of drug-likeness (QED) is 0.0173. The summed E-state index contributed by atoms with van der Waals surface area (Å²) in [6.07, 6.45) is 33.1. The molecule has 14 nitrogen and oxygen atoms in total. The molecule has 2 saturated heterocycles. The molecule has 0 bridgehead atoms. The molecule has 11 atom stereocenters. The van der Waals surface area contributed by atoms with Crippen LogP contribution in [-0.4, -0.2) is 142 Å². The van der Waals surface area contributed by atoms with Crippen LogP contribution < -0.4 is 0 Å². The molecule has 2 fully saturated rings. The summed E-state index contributed by atoms with van der Waals surface area (Å²) in [5.41, 5.74) is 0. The zero-order chi connectivity index (χ0) is 50.2. The lowest BCUT2D eigenvalue weighted by atomic mass is 9.98. The number of hydrogen-bond acceptors (Lipinski definition) is 14. The van der Waals surface area contributed by atoms with Crippen molar-refractivity contribution in [3.05, 3.63) is 48.6 Å². The molecule has 0 aliphatic carbocycles. The molecule has 11 unspecified atom stereocenters. The predicted molar refractivity (Wildman–Crippen MR) is 270 cm³/mol. The zero-order valence-corrected chi connectivity index (χ0v) is 42.8. The number of rotatable bonds is 43. The molecule has 2 rings (SSSR count). The summed E-state index contributed by atoms with van der Waals surface area (Å²) >= 11 is 0. The highest BCUT2D eigenvalue weighted by atomic mass is 16.7. The molecule has 14 heteroatoms. The van der Waals surface area contributed by atoms with E-state index in [1.165, 1.54) is 96.3 Å². The molecule has 0 amide bonds. The van der Waals surface area contributed by atoms with Crippen molar-refractivity contribution in [3.8, 4) is 0 Å². The van der Waals surface area contributed by atoms with E-state index in [1.807, 2.05) is 0 Å². The summed E-state index contributed by atoms with van der Waals surface area (Å²) < 4.78 is 34.3. The monoisotopic (exact) mass is 983 g/mol. The number of carbonyl (C=O) groups is 1. The zero-order valence-electron chi connectivity index (χ0n) is 42.8. The van der Waals surface area contributed by atoms with Gasteiger partial charge in [-0.15, -0.1) is 0 Å². The van der Waals surface area contributed by atoms with Gasteiger partial charge in [0, 0.05) is 13.0 Å². The van der Waals surface area contributed by atoms with Crippen LogP contribution in [0.1, 0.15) is 194 Å². The highest BCUT2D eigenvalue weighted by molar-refractivity contribution is 5.69. The number of hydrogen-bond donors (Lipinski definition) is 7. The molecule has 0 radical (unpaired) electrons. The van der Waals surface area contributed by atoms with Crippen LogP contribution >= 0.6 is 0 Å². The van der Waals surface area contributed by atoms with Gasteiger partial charge in [0.2, 0.25) is 0 Å². The molecule has 402 valence electrons. The molecule has 0 aromatic heterocycles. The fourth-order valence-corrected chi connectivity index (χ4v) is 8.45. The van der Waals surface area contributed by atoms with Gasteiger partial charge in [-0.2, -0.15) is 0 Å². The molecule has 2 aliphatic rings. The maximum atomic E-state index is 13.0. The van der Waals surface area contributed by atoms with Crippen LogP contribution in [0.3, 0.4) is 0 Å². The van der Waals surface area contributed by atoms with E-state index in [0.29, 0.717) is 13.0 Å². The summed E-state index contributed by atoms with van der Waals surface area (Å²) in [7, 11) is 0. The Morgan fingerprint density at radius 2 is 0.942 bits per heavy atom. The summed E-state index contributed by atoms with van der Waals surface area (Å²) in [5, 5.41) is 72.2.